The number of carbonyl (C=O) groups excluding carboxylic acids is 2. The number of aromatic carboxylic acids is 1. The minimum absolute atomic E-state index is 0.0486. The standard InChI is InChI=1S/C22H18N4O4/c27-20(23-15-9-3-1-4-10-15)19(21(28)24-16-11-5-2-6-12-16)26-25-18-14-8-7-13-17(18)22(29)30/h1-14,25H,(H,23,27)(H,24,28)(H,29,30). The fourth-order valence-electron chi connectivity index (χ4n) is 2.51. The van der Waals surface area contributed by atoms with Gasteiger partial charge in [0.15, 0.2) is 0 Å². The Hall–Kier alpha value is -4.46. The molecule has 30 heavy (non-hydrogen) atoms. The molecule has 150 valence electrons. The molecule has 3 rings (SSSR count). The van der Waals surface area contributed by atoms with Crippen LogP contribution in [0.15, 0.2) is 90.0 Å². The molecule has 0 aliphatic heterocycles. The second-order valence-electron chi connectivity index (χ2n) is 6.06. The van der Waals surface area contributed by atoms with Crippen LogP contribution in [0.1, 0.15) is 10.4 Å². The third kappa shape index (κ3) is 5.29. The van der Waals surface area contributed by atoms with E-state index in [4.69, 9.17) is 0 Å². The number of para-hydroxylation sites is 3. The Morgan fingerprint density at radius 2 is 1.13 bits per heavy atom. The van der Waals surface area contributed by atoms with Gasteiger partial charge < -0.3 is 15.7 Å². The second-order valence-corrected chi connectivity index (χ2v) is 6.06. The molecule has 0 atom stereocenters. The number of hydrogen-bond acceptors (Lipinski definition) is 5. The van der Waals surface area contributed by atoms with Gasteiger partial charge >= 0.3 is 5.97 Å². The van der Waals surface area contributed by atoms with Gasteiger partial charge in [0.25, 0.3) is 11.8 Å². The lowest BCUT2D eigenvalue weighted by atomic mass is 10.2. The lowest BCUT2D eigenvalue weighted by Gasteiger charge is -2.10. The third-order valence-corrected chi connectivity index (χ3v) is 3.94. The molecule has 0 aliphatic rings. The Bertz CT molecular complexity index is 1030. The summed E-state index contributed by atoms with van der Waals surface area (Å²) < 4.78 is 0. The van der Waals surface area contributed by atoms with Gasteiger partial charge in [-0.05, 0) is 36.4 Å². The van der Waals surface area contributed by atoms with Gasteiger partial charge in [-0.2, -0.15) is 5.10 Å². The quantitative estimate of drug-likeness (QED) is 0.274. The van der Waals surface area contributed by atoms with Gasteiger partial charge in [-0.1, -0.05) is 48.5 Å². The summed E-state index contributed by atoms with van der Waals surface area (Å²) in [6.45, 7) is 0. The summed E-state index contributed by atoms with van der Waals surface area (Å²) >= 11 is 0. The molecule has 0 saturated carbocycles. The van der Waals surface area contributed by atoms with Gasteiger partial charge in [-0.15, -0.1) is 0 Å². The largest absolute Gasteiger partial charge is 0.478 e. The second kappa shape index (κ2) is 9.65. The predicted molar refractivity (Wildman–Crippen MR) is 115 cm³/mol. The molecule has 2 amide bonds. The number of hydrazone groups is 1. The zero-order chi connectivity index (χ0) is 21.3. The van der Waals surface area contributed by atoms with Crippen molar-refractivity contribution in [1.29, 1.82) is 0 Å². The molecule has 0 heterocycles. The van der Waals surface area contributed by atoms with E-state index in [1.54, 1.807) is 72.8 Å². The number of benzene rings is 3. The van der Waals surface area contributed by atoms with Gasteiger partial charge in [0.05, 0.1) is 11.3 Å². The SMILES string of the molecule is O=C(Nc1ccccc1)C(=NNc1ccccc1C(=O)O)C(=O)Nc1ccccc1. The lowest BCUT2D eigenvalue weighted by Crippen LogP contribution is -2.35. The van der Waals surface area contributed by atoms with Crippen LogP contribution in [0, 0.1) is 0 Å². The Kier molecular flexibility index (Phi) is 6.52. The van der Waals surface area contributed by atoms with E-state index in [1.165, 1.54) is 12.1 Å². The van der Waals surface area contributed by atoms with E-state index in [1.807, 2.05) is 0 Å². The van der Waals surface area contributed by atoms with Crippen molar-refractivity contribution in [2.45, 2.75) is 0 Å². The van der Waals surface area contributed by atoms with Crippen LogP contribution < -0.4 is 16.1 Å². The Balaban J connectivity index is 1.88. The molecule has 8 nitrogen and oxygen atoms in total. The van der Waals surface area contributed by atoms with Crippen molar-refractivity contribution in [3.05, 3.63) is 90.5 Å². The first-order valence-corrected chi connectivity index (χ1v) is 8.93. The molecule has 0 spiro atoms. The topological polar surface area (TPSA) is 120 Å². The van der Waals surface area contributed by atoms with Crippen LogP contribution in [0.25, 0.3) is 0 Å². The minimum Gasteiger partial charge on any atom is -0.478 e. The van der Waals surface area contributed by atoms with E-state index in [2.05, 4.69) is 21.2 Å². The van der Waals surface area contributed by atoms with Crippen molar-refractivity contribution < 1.29 is 19.5 Å². The first-order chi connectivity index (χ1) is 14.5. The van der Waals surface area contributed by atoms with Crippen LogP contribution in [0.5, 0.6) is 0 Å². The van der Waals surface area contributed by atoms with Crippen molar-refractivity contribution in [3.8, 4) is 0 Å². The van der Waals surface area contributed by atoms with Crippen LogP contribution in [0.3, 0.4) is 0 Å². The number of hydrogen-bond donors (Lipinski definition) is 4. The van der Waals surface area contributed by atoms with Crippen molar-refractivity contribution >= 4 is 40.6 Å². The highest BCUT2D eigenvalue weighted by Crippen LogP contribution is 2.15. The monoisotopic (exact) mass is 402 g/mol. The summed E-state index contributed by atoms with van der Waals surface area (Å²) in [5.41, 5.74) is 3.10. The zero-order valence-electron chi connectivity index (χ0n) is 15.7. The van der Waals surface area contributed by atoms with E-state index in [-0.39, 0.29) is 11.3 Å². The summed E-state index contributed by atoms with van der Waals surface area (Å²) in [5, 5.41) is 18.4. The van der Waals surface area contributed by atoms with E-state index in [0.717, 1.165) is 0 Å². The molecule has 0 bridgehead atoms. The molecular weight excluding hydrogens is 384 g/mol. The molecule has 0 unspecified atom stereocenters. The number of carboxylic acid groups (broad SMARTS) is 1. The van der Waals surface area contributed by atoms with Crippen LogP contribution in [-0.2, 0) is 9.59 Å². The molecule has 0 aliphatic carbocycles. The molecule has 0 radical (unpaired) electrons. The van der Waals surface area contributed by atoms with Crippen LogP contribution in [-0.4, -0.2) is 28.6 Å². The highest BCUT2D eigenvalue weighted by atomic mass is 16.4. The molecule has 3 aromatic rings. The Morgan fingerprint density at radius 1 is 0.667 bits per heavy atom. The fraction of sp³-hybridized carbons (Fsp3) is 0. The van der Waals surface area contributed by atoms with Crippen LogP contribution >= 0.6 is 0 Å². The minimum atomic E-state index is -1.17. The summed E-state index contributed by atoms with van der Waals surface area (Å²) in [6.07, 6.45) is 0. The lowest BCUT2D eigenvalue weighted by molar-refractivity contribution is -0.114. The van der Waals surface area contributed by atoms with Crippen LogP contribution in [0.4, 0.5) is 17.1 Å². The van der Waals surface area contributed by atoms with E-state index in [9.17, 15) is 19.5 Å². The summed E-state index contributed by atoms with van der Waals surface area (Å²) in [4.78, 5) is 36.8. The third-order valence-electron chi connectivity index (χ3n) is 3.94. The number of amides is 2. The molecule has 0 fully saturated rings. The smallest absolute Gasteiger partial charge is 0.337 e. The number of anilines is 3. The normalized spacial score (nSPS) is 9.87. The number of carboxylic acids is 1. The number of rotatable bonds is 7. The van der Waals surface area contributed by atoms with Gasteiger partial charge in [0.1, 0.15) is 0 Å². The highest BCUT2D eigenvalue weighted by Gasteiger charge is 2.22. The molecule has 0 aromatic heterocycles. The number of nitrogens with zero attached hydrogens (tertiary/aromatic N) is 1. The summed E-state index contributed by atoms with van der Waals surface area (Å²) in [5.74, 6) is -2.68. The average Bonchev–Trinajstić information content (AvgIpc) is 2.75. The average molecular weight is 402 g/mol. The van der Waals surface area contributed by atoms with Gasteiger partial charge in [0.2, 0.25) is 5.71 Å². The molecular formula is C22H18N4O4. The maximum absolute atomic E-state index is 12.7. The Labute approximate surface area is 172 Å². The van der Waals surface area contributed by atoms with Crippen molar-refractivity contribution in [2.75, 3.05) is 16.1 Å². The molecule has 0 saturated heterocycles. The van der Waals surface area contributed by atoms with Gasteiger partial charge in [0, 0.05) is 11.4 Å². The molecule has 4 N–H and O–H groups in total. The molecule has 3 aromatic carbocycles. The maximum Gasteiger partial charge on any atom is 0.337 e. The maximum atomic E-state index is 12.7. The van der Waals surface area contributed by atoms with Crippen molar-refractivity contribution in [2.24, 2.45) is 5.10 Å². The van der Waals surface area contributed by atoms with E-state index < -0.39 is 23.5 Å². The van der Waals surface area contributed by atoms with Crippen molar-refractivity contribution in [1.82, 2.24) is 0 Å². The van der Waals surface area contributed by atoms with E-state index in [0.29, 0.717) is 11.4 Å². The predicted octanol–water partition coefficient (Wildman–Crippen LogP) is 3.43. The molecule has 8 heteroatoms. The highest BCUT2D eigenvalue weighted by molar-refractivity contribution is 6.69. The summed E-state index contributed by atoms with van der Waals surface area (Å²) in [7, 11) is 0. The number of carbonyl (C=O) groups is 3. The first kappa shape index (κ1) is 20.3. The van der Waals surface area contributed by atoms with E-state index >= 15 is 0 Å². The Morgan fingerprint density at radius 3 is 1.63 bits per heavy atom. The first-order valence-electron chi connectivity index (χ1n) is 8.93. The van der Waals surface area contributed by atoms with Crippen molar-refractivity contribution in [3.63, 3.8) is 0 Å². The summed E-state index contributed by atoms with van der Waals surface area (Å²) in [6, 6.07) is 23.2. The zero-order valence-corrected chi connectivity index (χ0v) is 15.7. The fourth-order valence-corrected chi connectivity index (χ4v) is 2.51. The van der Waals surface area contributed by atoms with Gasteiger partial charge in [-0.25, -0.2) is 4.79 Å². The van der Waals surface area contributed by atoms with Gasteiger partial charge in [-0.3, -0.25) is 15.0 Å². The number of nitrogens with one attached hydrogen (secondary N) is 3. The van der Waals surface area contributed by atoms with Crippen LogP contribution in [0.2, 0.25) is 0 Å².